The van der Waals surface area contributed by atoms with Gasteiger partial charge in [0.15, 0.2) is 0 Å². The van der Waals surface area contributed by atoms with Gasteiger partial charge in [0.2, 0.25) is 5.91 Å². The lowest BCUT2D eigenvalue weighted by Crippen LogP contribution is -2.32. The molecule has 1 aliphatic rings. The van der Waals surface area contributed by atoms with Crippen molar-refractivity contribution in [2.45, 2.75) is 52.0 Å². The van der Waals surface area contributed by atoms with Crippen LogP contribution in [0.5, 0.6) is 0 Å². The first-order valence-corrected chi connectivity index (χ1v) is 8.59. The van der Waals surface area contributed by atoms with Crippen LogP contribution >= 0.6 is 11.3 Å². The Morgan fingerprint density at radius 3 is 3.00 bits per heavy atom. The zero-order valence-electron chi connectivity index (χ0n) is 13.2. The summed E-state index contributed by atoms with van der Waals surface area (Å²) >= 11 is 1.63. The topological polar surface area (TPSA) is 59.2 Å². The van der Waals surface area contributed by atoms with E-state index in [-0.39, 0.29) is 11.9 Å². The Bertz CT molecular complexity index is 662. The van der Waals surface area contributed by atoms with E-state index in [4.69, 9.17) is 4.52 Å². The first-order chi connectivity index (χ1) is 10.5. The number of aromatic nitrogens is 2. The molecule has 2 aromatic rings. The van der Waals surface area contributed by atoms with Gasteiger partial charge in [-0.1, -0.05) is 19.0 Å². The van der Waals surface area contributed by atoms with Crippen molar-refractivity contribution in [3.05, 3.63) is 33.6 Å². The van der Waals surface area contributed by atoms with Crippen LogP contribution in [0.25, 0.3) is 0 Å². The molecule has 1 saturated heterocycles. The lowest BCUT2D eigenvalue weighted by molar-refractivity contribution is -0.131. The molecule has 1 atom stereocenters. The number of carbonyl (C=O) groups is 1. The largest absolute Gasteiger partial charge is 0.361 e. The second-order valence-electron chi connectivity index (χ2n) is 6.12. The molecule has 0 N–H and O–H groups in total. The Morgan fingerprint density at radius 2 is 2.36 bits per heavy atom. The monoisotopic (exact) mass is 319 g/mol. The quantitative estimate of drug-likeness (QED) is 0.866. The number of nitrogens with zero attached hydrogens (tertiary/aromatic N) is 3. The van der Waals surface area contributed by atoms with Gasteiger partial charge in [0.1, 0.15) is 11.5 Å². The van der Waals surface area contributed by atoms with Crippen LogP contribution in [-0.4, -0.2) is 27.5 Å². The first-order valence-electron chi connectivity index (χ1n) is 7.71. The van der Waals surface area contributed by atoms with Gasteiger partial charge in [0, 0.05) is 23.9 Å². The number of amides is 1. The Kier molecular flexibility index (Phi) is 4.29. The molecule has 0 saturated carbocycles. The predicted molar refractivity (Wildman–Crippen MR) is 84.8 cm³/mol. The third kappa shape index (κ3) is 3.06. The van der Waals surface area contributed by atoms with Gasteiger partial charge in [-0.05, 0) is 19.8 Å². The normalized spacial score (nSPS) is 18.4. The fourth-order valence-corrected chi connectivity index (χ4v) is 3.68. The molecular weight excluding hydrogens is 298 g/mol. The van der Waals surface area contributed by atoms with Crippen molar-refractivity contribution < 1.29 is 9.32 Å². The van der Waals surface area contributed by atoms with E-state index in [1.807, 2.05) is 23.3 Å². The molecular formula is C16H21N3O2S. The molecule has 5 nitrogen and oxygen atoms in total. The minimum absolute atomic E-state index is 0.0492. The number of hydrogen-bond donors (Lipinski definition) is 0. The van der Waals surface area contributed by atoms with Crippen LogP contribution in [0.4, 0.5) is 0 Å². The average molecular weight is 319 g/mol. The van der Waals surface area contributed by atoms with Crippen LogP contribution in [0.2, 0.25) is 0 Å². The molecule has 118 valence electrons. The molecule has 0 unspecified atom stereocenters. The van der Waals surface area contributed by atoms with Crippen LogP contribution in [-0.2, 0) is 11.2 Å². The van der Waals surface area contributed by atoms with Gasteiger partial charge in [-0.2, -0.15) is 0 Å². The number of rotatable bonds is 4. The van der Waals surface area contributed by atoms with Crippen molar-refractivity contribution in [1.29, 1.82) is 0 Å². The lowest BCUT2D eigenvalue weighted by Gasteiger charge is -2.22. The fourth-order valence-electron chi connectivity index (χ4n) is 2.84. The maximum atomic E-state index is 12.6. The van der Waals surface area contributed by atoms with Crippen LogP contribution in [0.15, 0.2) is 16.0 Å². The van der Waals surface area contributed by atoms with Gasteiger partial charge >= 0.3 is 0 Å². The van der Waals surface area contributed by atoms with E-state index in [2.05, 4.69) is 24.0 Å². The zero-order valence-corrected chi connectivity index (χ0v) is 14.0. The molecule has 1 aliphatic heterocycles. The highest BCUT2D eigenvalue weighted by molar-refractivity contribution is 7.09. The van der Waals surface area contributed by atoms with Crippen molar-refractivity contribution >= 4 is 17.2 Å². The van der Waals surface area contributed by atoms with E-state index < -0.39 is 0 Å². The van der Waals surface area contributed by atoms with E-state index >= 15 is 0 Å². The number of aryl methyl sites for hydroxylation is 1. The molecule has 3 heterocycles. The van der Waals surface area contributed by atoms with Crippen LogP contribution in [0.3, 0.4) is 0 Å². The van der Waals surface area contributed by atoms with Gasteiger partial charge in [-0.15, -0.1) is 11.3 Å². The predicted octanol–water partition coefficient (Wildman–Crippen LogP) is 3.47. The highest BCUT2D eigenvalue weighted by Gasteiger charge is 2.32. The van der Waals surface area contributed by atoms with E-state index in [0.29, 0.717) is 12.3 Å². The number of likely N-dealkylation sites (tertiary alicyclic amines) is 1. The lowest BCUT2D eigenvalue weighted by atomic mass is 10.1. The zero-order chi connectivity index (χ0) is 15.7. The van der Waals surface area contributed by atoms with Gasteiger partial charge in [0.25, 0.3) is 0 Å². The SMILES string of the molecule is Cc1cc([C@@H]2CCCN2C(=O)Cc2csc(C(C)C)n2)no1. The van der Waals surface area contributed by atoms with Crippen molar-refractivity contribution in [2.24, 2.45) is 0 Å². The fraction of sp³-hybridized carbons (Fsp3) is 0.562. The third-order valence-electron chi connectivity index (χ3n) is 3.96. The number of hydrogen-bond acceptors (Lipinski definition) is 5. The van der Waals surface area contributed by atoms with Crippen LogP contribution in [0, 0.1) is 6.92 Å². The van der Waals surface area contributed by atoms with Crippen LogP contribution < -0.4 is 0 Å². The summed E-state index contributed by atoms with van der Waals surface area (Å²) in [6, 6.07) is 1.98. The standard InChI is InChI=1S/C16H21N3O2S/c1-10(2)16-17-12(9-22-16)8-15(20)19-6-4-5-14(19)13-7-11(3)21-18-13/h7,9-10,14H,4-6,8H2,1-3H3/t14-/m0/s1. The molecule has 2 aromatic heterocycles. The van der Waals surface area contributed by atoms with Crippen molar-refractivity contribution in [1.82, 2.24) is 15.0 Å². The molecule has 0 bridgehead atoms. The minimum Gasteiger partial charge on any atom is -0.361 e. The van der Waals surface area contributed by atoms with Crippen molar-refractivity contribution in [2.75, 3.05) is 6.54 Å². The van der Waals surface area contributed by atoms with Crippen LogP contribution in [0.1, 0.15) is 60.8 Å². The summed E-state index contributed by atoms with van der Waals surface area (Å²) in [4.78, 5) is 19.1. The highest BCUT2D eigenvalue weighted by Crippen LogP contribution is 2.32. The summed E-state index contributed by atoms with van der Waals surface area (Å²) in [6.45, 7) is 6.90. The molecule has 0 spiro atoms. The van der Waals surface area contributed by atoms with E-state index in [0.717, 1.165) is 41.5 Å². The number of thiazole rings is 1. The molecule has 0 aliphatic carbocycles. The molecule has 3 rings (SSSR count). The van der Waals surface area contributed by atoms with E-state index in [9.17, 15) is 4.79 Å². The molecule has 1 fully saturated rings. The Morgan fingerprint density at radius 1 is 1.55 bits per heavy atom. The summed E-state index contributed by atoms with van der Waals surface area (Å²) in [6.07, 6.45) is 2.33. The van der Waals surface area contributed by atoms with Gasteiger partial charge < -0.3 is 9.42 Å². The molecule has 1 amide bonds. The molecule has 22 heavy (non-hydrogen) atoms. The maximum Gasteiger partial charge on any atom is 0.229 e. The Labute approximate surface area is 134 Å². The Hall–Kier alpha value is -1.69. The summed E-state index contributed by atoms with van der Waals surface area (Å²) in [5, 5.41) is 7.17. The minimum atomic E-state index is 0.0492. The van der Waals surface area contributed by atoms with E-state index in [1.54, 1.807) is 11.3 Å². The van der Waals surface area contributed by atoms with Gasteiger partial charge in [-0.25, -0.2) is 4.98 Å². The van der Waals surface area contributed by atoms with Gasteiger partial charge in [0.05, 0.1) is 23.2 Å². The summed E-state index contributed by atoms with van der Waals surface area (Å²) < 4.78 is 5.15. The maximum absolute atomic E-state index is 12.6. The first kappa shape index (κ1) is 15.2. The molecule has 0 aromatic carbocycles. The average Bonchev–Trinajstić information content (AvgIpc) is 3.16. The van der Waals surface area contributed by atoms with Crippen molar-refractivity contribution in [3.63, 3.8) is 0 Å². The second-order valence-corrected chi connectivity index (χ2v) is 7.01. The van der Waals surface area contributed by atoms with Crippen molar-refractivity contribution in [3.8, 4) is 0 Å². The summed E-state index contributed by atoms with van der Waals surface area (Å²) in [5.41, 5.74) is 1.74. The third-order valence-corrected chi connectivity index (χ3v) is 5.15. The summed E-state index contributed by atoms with van der Waals surface area (Å²) in [7, 11) is 0. The Balaban J connectivity index is 1.70. The number of carbonyl (C=O) groups excluding carboxylic acids is 1. The summed E-state index contributed by atoms with van der Waals surface area (Å²) in [5.74, 6) is 1.32. The second kappa shape index (κ2) is 6.20. The van der Waals surface area contributed by atoms with E-state index in [1.165, 1.54) is 0 Å². The molecule has 6 heteroatoms. The highest BCUT2D eigenvalue weighted by atomic mass is 32.1. The molecule has 0 radical (unpaired) electrons. The smallest absolute Gasteiger partial charge is 0.229 e. The van der Waals surface area contributed by atoms with Gasteiger partial charge in [-0.3, -0.25) is 4.79 Å².